The van der Waals surface area contributed by atoms with Crippen LogP contribution in [-0.2, 0) is 23.6 Å². The Morgan fingerprint density at radius 3 is 2.19 bits per heavy atom. The first-order chi connectivity index (χ1) is 17.4. The van der Waals surface area contributed by atoms with Crippen molar-refractivity contribution in [3.05, 3.63) is 81.4 Å². The molecule has 0 fully saturated rings. The van der Waals surface area contributed by atoms with Gasteiger partial charge in [0.2, 0.25) is 5.91 Å². The van der Waals surface area contributed by atoms with Crippen molar-refractivity contribution in [1.82, 2.24) is 5.48 Å². The zero-order valence-corrected chi connectivity index (χ0v) is 19.7. The van der Waals surface area contributed by atoms with Crippen molar-refractivity contribution in [2.24, 2.45) is 0 Å². The molecular formula is C27H25F6NO3. The molecule has 1 aliphatic rings. The van der Waals surface area contributed by atoms with Gasteiger partial charge in [-0.15, -0.1) is 0 Å². The second kappa shape index (κ2) is 11.8. The van der Waals surface area contributed by atoms with Gasteiger partial charge in [-0.25, -0.2) is 5.48 Å². The number of ketones is 1. The van der Waals surface area contributed by atoms with Crippen LogP contribution in [0.25, 0.3) is 12.2 Å². The Morgan fingerprint density at radius 1 is 0.892 bits per heavy atom. The molecule has 0 atom stereocenters. The molecule has 0 heterocycles. The van der Waals surface area contributed by atoms with Gasteiger partial charge >= 0.3 is 12.4 Å². The number of benzene rings is 2. The predicted octanol–water partition coefficient (Wildman–Crippen LogP) is 7.41. The number of hydrogen-bond donors (Lipinski definition) is 2. The third kappa shape index (κ3) is 7.79. The number of halogens is 6. The highest BCUT2D eigenvalue weighted by molar-refractivity contribution is 6.13. The van der Waals surface area contributed by atoms with Gasteiger partial charge in [0.25, 0.3) is 0 Å². The molecule has 1 amide bonds. The molecule has 0 unspecified atom stereocenters. The fourth-order valence-electron chi connectivity index (χ4n) is 4.10. The molecule has 10 heteroatoms. The van der Waals surface area contributed by atoms with Gasteiger partial charge < -0.3 is 0 Å². The molecule has 0 radical (unpaired) electrons. The van der Waals surface area contributed by atoms with Crippen LogP contribution in [0.4, 0.5) is 26.3 Å². The molecule has 2 N–H and O–H groups in total. The Hall–Kier alpha value is -3.40. The largest absolute Gasteiger partial charge is 0.416 e. The first-order valence-corrected chi connectivity index (χ1v) is 11.7. The molecule has 0 aromatic heterocycles. The van der Waals surface area contributed by atoms with Crippen LogP contribution in [0, 0.1) is 0 Å². The second-order valence-electron chi connectivity index (χ2n) is 8.79. The lowest BCUT2D eigenvalue weighted by molar-refractivity contribution is -0.143. The summed E-state index contributed by atoms with van der Waals surface area (Å²) in [6.07, 6.45) is -0.954. The summed E-state index contributed by atoms with van der Waals surface area (Å²) in [4.78, 5) is 23.9. The van der Waals surface area contributed by atoms with Crippen molar-refractivity contribution in [2.45, 2.75) is 57.3 Å². The van der Waals surface area contributed by atoms with Crippen LogP contribution in [0.1, 0.15) is 76.7 Å². The maximum atomic E-state index is 13.2. The average molecular weight is 525 g/mol. The number of rotatable bonds is 8. The summed E-state index contributed by atoms with van der Waals surface area (Å²) >= 11 is 0. The summed E-state index contributed by atoms with van der Waals surface area (Å²) in [6.45, 7) is 0. The molecule has 198 valence electrons. The average Bonchev–Trinajstić information content (AvgIpc) is 2.83. The van der Waals surface area contributed by atoms with E-state index in [2.05, 4.69) is 0 Å². The third-order valence-electron chi connectivity index (χ3n) is 5.99. The Labute approximate surface area is 209 Å². The lowest BCUT2D eigenvalue weighted by Gasteiger charge is -2.19. The van der Waals surface area contributed by atoms with Crippen LogP contribution in [0.3, 0.4) is 0 Å². The molecule has 0 saturated heterocycles. The molecule has 1 aliphatic carbocycles. The summed E-state index contributed by atoms with van der Waals surface area (Å²) in [5.41, 5.74) is 0.560. The number of hydroxylamine groups is 1. The van der Waals surface area contributed by atoms with E-state index in [9.17, 15) is 35.9 Å². The fraction of sp³-hybridized carbons (Fsp3) is 0.333. The predicted molar refractivity (Wildman–Crippen MR) is 126 cm³/mol. The molecule has 0 bridgehead atoms. The van der Waals surface area contributed by atoms with Crippen molar-refractivity contribution in [3.8, 4) is 0 Å². The molecule has 0 spiro atoms. The highest BCUT2D eigenvalue weighted by Crippen LogP contribution is 2.37. The number of amides is 1. The van der Waals surface area contributed by atoms with E-state index < -0.39 is 35.2 Å². The van der Waals surface area contributed by atoms with Gasteiger partial charge in [-0.2, -0.15) is 26.3 Å². The molecular weight excluding hydrogens is 500 g/mol. The summed E-state index contributed by atoms with van der Waals surface area (Å²) in [7, 11) is 0. The highest BCUT2D eigenvalue weighted by Gasteiger charge is 2.37. The van der Waals surface area contributed by atoms with Crippen molar-refractivity contribution in [1.29, 1.82) is 0 Å². The number of Topliss-reactive ketones (excluding diaryl/α,β-unsaturated/α-hetero) is 1. The van der Waals surface area contributed by atoms with E-state index in [1.165, 1.54) is 0 Å². The van der Waals surface area contributed by atoms with Crippen molar-refractivity contribution < 1.29 is 41.1 Å². The van der Waals surface area contributed by atoms with Crippen molar-refractivity contribution in [2.75, 3.05) is 0 Å². The molecule has 2 aromatic rings. The fourth-order valence-corrected chi connectivity index (χ4v) is 4.10. The summed E-state index contributed by atoms with van der Waals surface area (Å²) < 4.78 is 78.9. The van der Waals surface area contributed by atoms with Crippen molar-refractivity contribution in [3.63, 3.8) is 0 Å². The Bertz CT molecular complexity index is 1180. The summed E-state index contributed by atoms with van der Waals surface area (Å²) in [6, 6.07) is 6.47. The van der Waals surface area contributed by atoms with Gasteiger partial charge in [0.1, 0.15) is 0 Å². The Morgan fingerprint density at radius 2 is 1.57 bits per heavy atom. The maximum Gasteiger partial charge on any atom is 0.416 e. The molecule has 2 aromatic carbocycles. The number of allylic oxidation sites excluding steroid dienone is 2. The monoisotopic (exact) mass is 525 g/mol. The van der Waals surface area contributed by atoms with E-state index in [-0.39, 0.29) is 30.0 Å². The van der Waals surface area contributed by atoms with E-state index in [1.807, 2.05) is 18.2 Å². The summed E-state index contributed by atoms with van der Waals surface area (Å²) in [5, 5.41) is 8.45. The number of nitrogens with one attached hydrogen (secondary N) is 1. The number of hydrogen-bond acceptors (Lipinski definition) is 3. The highest BCUT2D eigenvalue weighted by atomic mass is 19.4. The lowest BCUT2D eigenvalue weighted by atomic mass is 9.85. The Kier molecular flexibility index (Phi) is 8.96. The van der Waals surface area contributed by atoms with Crippen LogP contribution in [0.15, 0.2) is 48.0 Å². The lowest BCUT2D eigenvalue weighted by Crippen LogP contribution is -2.17. The number of alkyl halides is 6. The summed E-state index contributed by atoms with van der Waals surface area (Å²) in [5.74, 6) is -0.840. The standard InChI is InChI=1S/C27H25F6NO3/c28-26(29,30)21-14-18(15-22(16-21)27(31,32)33)13-20-10-9-19-12-17(8-11-23(19)25(20)36)6-4-2-1-3-5-7-24(35)34-37/h4,6,8,11-16,37H,1-3,5,7,9-10H2,(H,34,35)/b6-4+,20-13+. The zero-order chi connectivity index (χ0) is 27.2. The van der Waals surface area contributed by atoms with E-state index in [1.54, 1.807) is 17.6 Å². The van der Waals surface area contributed by atoms with E-state index in [0.29, 0.717) is 30.5 Å². The smallest absolute Gasteiger partial charge is 0.289 e. The first kappa shape index (κ1) is 28.2. The van der Waals surface area contributed by atoms with E-state index >= 15 is 0 Å². The molecule has 0 aliphatic heterocycles. The SMILES string of the molecule is O=C(CCCCC/C=C/c1ccc2c(c1)CC/C(=C\c1cc(C(F)(F)F)cc(C(F)(F)F)c1)C2=O)NO. The second-order valence-corrected chi connectivity index (χ2v) is 8.79. The van der Waals surface area contributed by atoms with E-state index in [4.69, 9.17) is 5.21 Å². The molecule has 3 rings (SSSR count). The molecule has 0 saturated carbocycles. The normalized spacial score (nSPS) is 15.3. The number of aryl methyl sites for hydroxylation is 1. The van der Waals surface area contributed by atoms with Crippen LogP contribution in [0.5, 0.6) is 0 Å². The minimum Gasteiger partial charge on any atom is -0.289 e. The van der Waals surface area contributed by atoms with Crippen LogP contribution >= 0.6 is 0 Å². The van der Waals surface area contributed by atoms with Gasteiger partial charge in [-0.3, -0.25) is 14.8 Å². The minimum atomic E-state index is -4.96. The van der Waals surface area contributed by atoms with E-state index in [0.717, 1.165) is 36.5 Å². The van der Waals surface area contributed by atoms with Crippen LogP contribution in [0.2, 0.25) is 0 Å². The van der Waals surface area contributed by atoms with Crippen LogP contribution in [-0.4, -0.2) is 16.9 Å². The maximum absolute atomic E-state index is 13.2. The van der Waals surface area contributed by atoms with Crippen molar-refractivity contribution >= 4 is 23.8 Å². The van der Waals surface area contributed by atoms with Gasteiger partial charge in [-0.05, 0) is 73.1 Å². The van der Waals surface area contributed by atoms with Gasteiger partial charge in [0.05, 0.1) is 11.1 Å². The first-order valence-electron chi connectivity index (χ1n) is 11.7. The zero-order valence-electron chi connectivity index (χ0n) is 19.7. The molecule has 4 nitrogen and oxygen atoms in total. The minimum absolute atomic E-state index is 0.0603. The van der Waals surface area contributed by atoms with Crippen LogP contribution < -0.4 is 5.48 Å². The Balaban J connectivity index is 1.71. The molecule has 37 heavy (non-hydrogen) atoms. The number of unbranched alkanes of at least 4 members (excludes halogenated alkanes) is 3. The van der Waals surface area contributed by atoms with Gasteiger partial charge in [0.15, 0.2) is 5.78 Å². The number of fused-ring (bicyclic) bond motifs is 1. The third-order valence-corrected chi connectivity index (χ3v) is 5.99. The van der Waals surface area contributed by atoms with Gasteiger partial charge in [-0.1, -0.05) is 36.8 Å². The quantitative estimate of drug-likeness (QED) is 0.124. The number of carbonyl (C=O) groups excluding carboxylic acids is 2. The number of carbonyl (C=O) groups is 2. The van der Waals surface area contributed by atoms with Gasteiger partial charge in [0, 0.05) is 17.6 Å². The topological polar surface area (TPSA) is 66.4 Å².